The van der Waals surface area contributed by atoms with E-state index in [2.05, 4.69) is 0 Å². The summed E-state index contributed by atoms with van der Waals surface area (Å²) >= 11 is 0. The number of hydrogen-bond donors (Lipinski definition) is 0. The van der Waals surface area contributed by atoms with Gasteiger partial charge in [-0.1, -0.05) is 33.8 Å². The van der Waals surface area contributed by atoms with E-state index in [-0.39, 0.29) is 46.7 Å². The van der Waals surface area contributed by atoms with Crippen LogP contribution in [-0.4, -0.2) is 18.7 Å². The van der Waals surface area contributed by atoms with E-state index in [1.165, 1.54) is 25.3 Å². The van der Waals surface area contributed by atoms with Crippen molar-refractivity contribution >= 4 is 11.6 Å². The fraction of sp³-hybridized carbons (Fsp3) is 0.400. The van der Waals surface area contributed by atoms with Gasteiger partial charge in [-0.2, -0.15) is 8.78 Å². The van der Waals surface area contributed by atoms with E-state index >= 15 is 0 Å². The molecule has 1 aliphatic heterocycles. The van der Waals surface area contributed by atoms with Crippen molar-refractivity contribution in [1.82, 2.24) is 0 Å². The SMILES string of the molecule is COc1cc(C2C3=C(CC(C)(C)CC3=O)OC3=C2C(=O)CC(C)(C)C3)ccc1Oc1c(F)c(F)c(F)c(F)c1F. The Hall–Kier alpha value is -3.69. The van der Waals surface area contributed by atoms with Gasteiger partial charge < -0.3 is 14.2 Å². The largest absolute Gasteiger partial charge is 0.493 e. The zero-order valence-corrected chi connectivity index (χ0v) is 22.6. The van der Waals surface area contributed by atoms with Crippen molar-refractivity contribution in [2.24, 2.45) is 10.8 Å². The third kappa shape index (κ3) is 4.57. The number of carbonyl (C=O) groups excluding carboxylic acids is 2. The van der Waals surface area contributed by atoms with Gasteiger partial charge in [0.25, 0.3) is 0 Å². The lowest BCUT2D eigenvalue weighted by Gasteiger charge is -2.42. The van der Waals surface area contributed by atoms with Crippen molar-refractivity contribution in [3.63, 3.8) is 0 Å². The highest BCUT2D eigenvalue weighted by Crippen LogP contribution is 2.54. The zero-order valence-electron chi connectivity index (χ0n) is 22.6. The van der Waals surface area contributed by atoms with Gasteiger partial charge in [-0.3, -0.25) is 9.59 Å². The molecule has 0 fully saturated rings. The molecule has 0 saturated carbocycles. The van der Waals surface area contributed by atoms with Crippen LogP contribution in [0, 0.1) is 39.9 Å². The highest BCUT2D eigenvalue weighted by molar-refractivity contribution is 6.06. The summed E-state index contributed by atoms with van der Waals surface area (Å²) in [6.45, 7) is 7.84. The van der Waals surface area contributed by atoms with Crippen LogP contribution in [0.1, 0.15) is 64.9 Å². The van der Waals surface area contributed by atoms with Crippen molar-refractivity contribution in [2.75, 3.05) is 7.11 Å². The molecule has 2 aliphatic carbocycles. The number of allylic oxidation sites excluding steroid dienone is 4. The molecular weight excluding hydrogens is 535 g/mol. The lowest BCUT2D eigenvalue weighted by Crippen LogP contribution is -2.37. The molecule has 212 valence electrons. The zero-order chi connectivity index (χ0) is 29.3. The molecule has 2 aromatic carbocycles. The van der Waals surface area contributed by atoms with Gasteiger partial charge in [-0.05, 0) is 28.5 Å². The minimum absolute atomic E-state index is 0.107. The molecule has 0 atom stereocenters. The van der Waals surface area contributed by atoms with Crippen LogP contribution in [0.4, 0.5) is 22.0 Å². The second-order valence-electron chi connectivity index (χ2n) is 12.0. The molecule has 0 amide bonds. The Morgan fingerprint density at radius 1 is 0.725 bits per heavy atom. The van der Waals surface area contributed by atoms with Crippen molar-refractivity contribution < 1.29 is 45.8 Å². The Labute approximate surface area is 227 Å². The topological polar surface area (TPSA) is 61.8 Å². The minimum atomic E-state index is -2.31. The van der Waals surface area contributed by atoms with Gasteiger partial charge >= 0.3 is 0 Å². The standard InChI is InChI=1S/C30H27F5O5/c1-29(2)9-14(36)21-18(11-29)39-19-12-30(3,4)10-15(37)22(19)20(21)13-6-7-16(17(8-13)38-5)40-28-26(34)24(32)23(31)25(33)27(28)35/h6-8,20H,9-12H2,1-5H3. The first-order valence-electron chi connectivity index (χ1n) is 12.7. The number of rotatable bonds is 4. The molecule has 0 spiro atoms. The molecule has 0 bridgehead atoms. The number of methoxy groups -OCH3 is 1. The fourth-order valence-electron chi connectivity index (χ4n) is 5.74. The van der Waals surface area contributed by atoms with Crippen molar-refractivity contribution in [3.8, 4) is 17.2 Å². The summed E-state index contributed by atoms with van der Waals surface area (Å²) in [5.74, 6) is -12.9. The fourth-order valence-corrected chi connectivity index (χ4v) is 5.74. The lowest BCUT2D eigenvalue weighted by molar-refractivity contribution is -0.120. The molecule has 0 saturated heterocycles. The first kappa shape index (κ1) is 27.9. The van der Waals surface area contributed by atoms with E-state index < -0.39 is 40.8 Å². The van der Waals surface area contributed by atoms with E-state index in [1.807, 2.05) is 27.7 Å². The molecule has 1 heterocycles. The first-order valence-corrected chi connectivity index (χ1v) is 12.7. The van der Waals surface area contributed by atoms with Crippen LogP contribution in [0.5, 0.6) is 17.2 Å². The maximum Gasteiger partial charge on any atom is 0.207 e. The number of hydrogen-bond acceptors (Lipinski definition) is 5. The van der Waals surface area contributed by atoms with Crippen LogP contribution >= 0.6 is 0 Å². The molecule has 40 heavy (non-hydrogen) atoms. The van der Waals surface area contributed by atoms with E-state index in [4.69, 9.17) is 14.2 Å². The first-order chi connectivity index (χ1) is 18.6. The number of halogens is 5. The van der Waals surface area contributed by atoms with Crippen LogP contribution in [0.2, 0.25) is 0 Å². The summed E-state index contributed by atoms with van der Waals surface area (Å²) < 4.78 is 86.3. The van der Waals surface area contributed by atoms with Gasteiger partial charge in [-0.25, -0.2) is 13.2 Å². The summed E-state index contributed by atoms with van der Waals surface area (Å²) in [7, 11) is 1.23. The van der Waals surface area contributed by atoms with Gasteiger partial charge in [0.2, 0.25) is 34.8 Å². The molecule has 5 nitrogen and oxygen atoms in total. The van der Waals surface area contributed by atoms with Crippen LogP contribution in [-0.2, 0) is 14.3 Å². The van der Waals surface area contributed by atoms with Crippen LogP contribution in [0.3, 0.4) is 0 Å². The Morgan fingerprint density at radius 3 is 1.68 bits per heavy atom. The van der Waals surface area contributed by atoms with Gasteiger partial charge in [0.1, 0.15) is 11.5 Å². The highest BCUT2D eigenvalue weighted by Gasteiger charge is 2.48. The predicted molar refractivity (Wildman–Crippen MR) is 133 cm³/mol. The van der Waals surface area contributed by atoms with E-state index in [9.17, 15) is 31.5 Å². The third-order valence-electron chi connectivity index (χ3n) is 7.48. The molecule has 10 heteroatoms. The number of ether oxygens (including phenoxy) is 3. The van der Waals surface area contributed by atoms with Crippen LogP contribution < -0.4 is 9.47 Å². The Balaban J connectivity index is 1.63. The monoisotopic (exact) mass is 562 g/mol. The highest BCUT2D eigenvalue weighted by atomic mass is 19.2. The molecule has 0 aromatic heterocycles. The Morgan fingerprint density at radius 2 is 1.20 bits per heavy atom. The molecule has 3 aliphatic rings. The second-order valence-corrected chi connectivity index (χ2v) is 12.0. The number of carbonyl (C=O) groups is 2. The van der Waals surface area contributed by atoms with Gasteiger partial charge in [0, 0.05) is 42.7 Å². The van der Waals surface area contributed by atoms with Crippen LogP contribution in [0.15, 0.2) is 40.9 Å². The van der Waals surface area contributed by atoms with Crippen molar-refractivity contribution in [3.05, 3.63) is 75.5 Å². The molecule has 0 unspecified atom stereocenters. The summed E-state index contributed by atoms with van der Waals surface area (Å²) in [4.78, 5) is 26.9. The second kappa shape index (κ2) is 9.45. The third-order valence-corrected chi connectivity index (χ3v) is 7.48. The molecule has 2 aromatic rings. The van der Waals surface area contributed by atoms with Crippen molar-refractivity contribution in [2.45, 2.75) is 59.3 Å². The average molecular weight is 563 g/mol. The van der Waals surface area contributed by atoms with Gasteiger partial charge in [-0.15, -0.1) is 0 Å². The Kier molecular flexibility index (Phi) is 6.58. The summed E-state index contributed by atoms with van der Waals surface area (Å²) in [6.07, 6.45) is 1.45. The van der Waals surface area contributed by atoms with Gasteiger partial charge in [0.05, 0.1) is 7.11 Å². The molecule has 5 rings (SSSR count). The number of benzene rings is 2. The molecule has 0 radical (unpaired) electrons. The van der Waals surface area contributed by atoms with Gasteiger partial charge in [0.15, 0.2) is 23.1 Å². The number of Topliss-reactive ketones (excluding diaryl/α,β-unsaturated/α-hetero) is 2. The maximum absolute atomic E-state index is 14.3. The minimum Gasteiger partial charge on any atom is -0.493 e. The smallest absolute Gasteiger partial charge is 0.207 e. The van der Waals surface area contributed by atoms with E-state index in [1.54, 1.807) is 0 Å². The molecular formula is C30H27F5O5. The van der Waals surface area contributed by atoms with E-state index in [0.717, 1.165) is 0 Å². The summed E-state index contributed by atoms with van der Waals surface area (Å²) in [5.41, 5.74) is 0.473. The molecule has 0 N–H and O–H groups in total. The predicted octanol–water partition coefficient (Wildman–Crippen LogP) is 7.58. The maximum atomic E-state index is 14.3. The normalized spacial score (nSPS) is 20.2. The van der Waals surface area contributed by atoms with Crippen LogP contribution in [0.25, 0.3) is 0 Å². The number of ketones is 2. The Bertz CT molecular complexity index is 1450. The summed E-state index contributed by atoms with van der Waals surface area (Å²) in [5, 5.41) is 0. The lowest BCUT2D eigenvalue weighted by atomic mass is 9.65. The average Bonchev–Trinajstić information content (AvgIpc) is 2.86. The van der Waals surface area contributed by atoms with Crippen molar-refractivity contribution in [1.29, 1.82) is 0 Å². The van der Waals surface area contributed by atoms with E-state index in [0.29, 0.717) is 41.1 Å². The quantitative estimate of drug-likeness (QED) is 0.218. The summed E-state index contributed by atoms with van der Waals surface area (Å²) in [6, 6.07) is 4.12.